The number of anilines is 3. The summed E-state index contributed by atoms with van der Waals surface area (Å²) in [7, 11) is 0. The molecule has 0 atom stereocenters. The van der Waals surface area contributed by atoms with E-state index >= 15 is 0 Å². The first kappa shape index (κ1) is 43.8. The fourth-order valence-electron chi connectivity index (χ4n) is 11.3. The van der Waals surface area contributed by atoms with Crippen LogP contribution in [0.4, 0.5) is 17.1 Å². The van der Waals surface area contributed by atoms with Gasteiger partial charge in [-0.1, -0.05) is 231 Å². The van der Waals surface area contributed by atoms with Gasteiger partial charge in [0.15, 0.2) is 0 Å². The largest absolute Gasteiger partial charge is 0.455 e. The Balaban J connectivity index is 0.860. The summed E-state index contributed by atoms with van der Waals surface area (Å²) in [6.45, 7) is 0. The van der Waals surface area contributed by atoms with Gasteiger partial charge in [-0.2, -0.15) is 0 Å². The molecule has 0 aliphatic carbocycles. The third-order valence-electron chi connectivity index (χ3n) is 14.9. The lowest BCUT2D eigenvalue weighted by Crippen LogP contribution is -2.10. The highest BCUT2D eigenvalue weighted by Gasteiger charge is 2.20. The molecule has 2 aromatic heterocycles. The lowest BCUT2D eigenvalue weighted by molar-refractivity contribution is 0.670. The SMILES string of the molecule is c1ccc(-c2ccc(-c3cccc(N(c4ccc(-c5ccccc5-c5ccccc5-n5c6ccccc6c6ccccc65)cc4)c4ccc(-c5ccccc5-c5cccc6c5oc5ccccc56)cc4)c3)cc2)cc1. The Morgan fingerprint density at radius 3 is 1.32 bits per heavy atom. The van der Waals surface area contributed by atoms with Crippen LogP contribution in [-0.2, 0) is 0 Å². The average Bonchev–Trinajstić information content (AvgIpc) is 4.04. The first-order chi connectivity index (χ1) is 37.2. The predicted molar refractivity (Wildman–Crippen MR) is 315 cm³/mol. The predicted octanol–water partition coefficient (Wildman–Crippen LogP) is 20.2. The van der Waals surface area contributed by atoms with Crippen molar-refractivity contribution in [2.24, 2.45) is 0 Å². The topological polar surface area (TPSA) is 21.3 Å². The highest BCUT2D eigenvalue weighted by molar-refractivity contribution is 6.11. The number of hydrogen-bond donors (Lipinski definition) is 0. The number of rotatable bonds is 10. The number of hydrogen-bond acceptors (Lipinski definition) is 2. The molecular formula is C72H48N2O. The van der Waals surface area contributed by atoms with Crippen LogP contribution in [0.1, 0.15) is 0 Å². The molecule has 0 amide bonds. The van der Waals surface area contributed by atoms with Crippen molar-refractivity contribution in [1.29, 1.82) is 0 Å². The Kier molecular flexibility index (Phi) is 10.8. The van der Waals surface area contributed by atoms with Crippen LogP contribution >= 0.6 is 0 Å². The molecule has 0 aliphatic heterocycles. The molecule has 2 heterocycles. The molecule has 0 saturated heterocycles. The van der Waals surface area contributed by atoms with Crippen LogP contribution in [0.3, 0.4) is 0 Å². The quantitative estimate of drug-likeness (QED) is 0.136. The van der Waals surface area contributed by atoms with E-state index in [0.29, 0.717) is 0 Å². The minimum atomic E-state index is 0.896. The maximum absolute atomic E-state index is 6.55. The van der Waals surface area contributed by atoms with Gasteiger partial charge in [-0.3, -0.25) is 0 Å². The highest BCUT2D eigenvalue weighted by Crippen LogP contribution is 2.44. The third kappa shape index (κ3) is 7.78. The summed E-state index contributed by atoms with van der Waals surface area (Å²) >= 11 is 0. The Bertz CT molecular complexity index is 4340. The van der Waals surface area contributed by atoms with Crippen molar-refractivity contribution in [3.8, 4) is 72.4 Å². The molecule has 3 nitrogen and oxygen atoms in total. The monoisotopic (exact) mass is 956 g/mol. The van der Waals surface area contributed by atoms with E-state index in [0.717, 1.165) is 83.6 Å². The number of benzene rings is 12. The van der Waals surface area contributed by atoms with Gasteiger partial charge in [0.2, 0.25) is 0 Å². The number of fused-ring (bicyclic) bond motifs is 6. The van der Waals surface area contributed by atoms with Gasteiger partial charge >= 0.3 is 0 Å². The summed E-state index contributed by atoms with van der Waals surface area (Å²) in [5, 5.41) is 4.75. The molecule has 0 fully saturated rings. The normalized spacial score (nSPS) is 11.5. The van der Waals surface area contributed by atoms with Gasteiger partial charge in [-0.05, 0) is 116 Å². The van der Waals surface area contributed by atoms with Gasteiger partial charge in [-0.15, -0.1) is 0 Å². The van der Waals surface area contributed by atoms with Gasteiger partial charge in [-0.25, -0.2) is 0 Å². The zero-order valence-corrected chi connectivity index (χ0v) is 41.0. The van der Waals surface area contributed by atoms with Gasteiger partial charge in [0.1, 0.15) is 11.2 Å². The molecule has 352 valence electrons. The maximum Gasteiger partial charge on any atom is 0.143 e. The van der Waals surface area contributed by atoms with E-state index in [-0.39, 0.29) is 0 Å². The first-order valence-corrected chi connectivity index (χ1v) is 25.7. The minimum absolute atomic E-state index is 0.896. The van der Waals surface area contributed by atoms with E-state index in [1.54, 1.807) is 0 Å². The van der Waals surface area contributed by atoms with E-state index in [1.165, 1.54) is 49.6 Å². The molecular weight excluding hydrogens is 909 g/mol. The van der Waals surface area contributed by atoms with Crippen LogP contribution < -0.4 is 4.90 Å². The van der Waals surface area contributed by atoms with E-state index in [9.17, 15) is 0 Å². The first-order valence-electron chi connectivity index (χ1n) is 25.7. The fraction of sp³-hybridized carbons (Fsp3) is 0. The van der Waals surface area contributed by atoms with Crippen LogP contribution in [0.15, 0.2) is 296 Å². The van der Waals surface area contributed by atoms with Gasteiger partial charge in [0.05, 0.1) is 16.7 Å². The second kappa shape index (κ2) is 18.6. The molecule has 0 unspecified atom stereocenters. The number of nitrogens with zero attached hydrogens (tertiary/aromatic N) is 2. The molecule has 0 saturated carbocycles. The van der Waals surface area contributed by atoms with Crippen LogP contribution in [0.2, 0.25) is 0 Å². The molecule has 75 heavy (non-hydrogen) atoms. The van der Waals surface area contributed by atoms with E-state index < -0.39 is 0 Å². The Hall–Kier alpha value is -9.96. The van der Waals surface area contributed by atoms with Gasteiger partial charge in [0.25, 0.3) is 0 Å². The molecule has 0 aliphatic rings. The lowest BCUT2D eigenvalue weighted by atomic mass is 9.93. The van der Waals surface area contributed by atoms with Crippen molar-refractivity contribution in [2.45, 2.75) is 0 Å². The van der Waals surface area contributed by atoms with Crippen molar-refractivity contribution < 1.29 is 4.42 Å². The summed E-state index contributed by atoms with van der Waals surface area (Å²) in [6, 6.07) is 105. The second-order valence-corrected chi connectivity index (χ2v) is 19.2. The van der Waals surface area contributed by atoms with E-state index in [1.807, 2.05) is 12.1 Å². The molecule has 14 aromatic rings. The average molecular weight is 957 g/mol. The van der Waals surface area contributed by atoms with Crippen LogP contribution in [0.5, 0.6) is 0 Å². The molecule has 0 bridgehead atoms. The summed E-state index contributed by atoms with van der Waals surface area (Å²) < 4.78 is 8.98. The van der Waals surface area contributed by atoms with Crippen molar-refractivity contribution in [3.63, 3.8) is 0 Å². The van der Waals surface area contributed by atoms with Crippen molar-refractivity contribution in [1.82, 2.24) is 4.57 Å². The maximum atomic E-state index is 6.55. The van der Waals surface area contributed by atoms with E-state index in [2.05, 4.69) is 289 Å². The molecule has 0 N–H and O–H groups in total. The number of para-hydroxylation sites is 5. The molecule has 3 heteroatoms. The van der Waals surface area contributed by atoms with E-state index in [4.69, 9.17) is 4.42 Å². The molecule has 0 spiro atoms. The number of aromatic nitrogens is 1. The standard InChI is InChI=1S/C72H48N2O/c1-2-18-49(19-3-1)50-36-38-51(39-37-50)54-20-16-21-57(48-54)73(56-46-42-53(43-47-56)59-23-5-7-25-61(59)66-30-17-31-67-65-29-11-15-35-71(65)75-72(66)67)55-44-40-52(41-45-55)58-22-4-6-24-60(58)62-26-8-12-32-68(62)74-69-33-13-9-27-63(69)64-28-10-14-34-70(64)74/h1-48H. The zero-order chi connectivity index (χ0) is 49.7. The lowest BCUT2D eigenvalue weighted by Gasteiger charge is -2.27. The zero-order valence-electron chi connectivity index (χ0n) is 41.0. The molecule has 12 aromatic carbocycles. The minimum Gasteiger partial charge on any atom is -0.455 e. The summed E-state index contributed by atoms with van der Waals surface area (Å²) in [4.78, 5) is 2.37. The summed E-state index contributed by atoms with van der Waals surface area (Å²) in [5.41, 5.74) is 22.4. The summed E-state index contributed by atoms with van der Waals surface area (Å²) in [6.07, 6.45) is 0. The van der Waals surface area contributed by atoms with Crippen molar-refractivity contribution >= 4 is 60.8 Å². The summed E-state index contributed by atoms with van der Waals surface area (Å²) in [5.74, 6) is 0. The van der Waals surface area contributed by atoms with Crippen LogP contribution in [0, 0.1) is 0 Å². The smallest absolute Gasteiger partial charge is 0.143 e. The fourth-order valence-corrected chi connectivity index (χ4v) is 11.3. The Morgan fingerprint density at radius 2 is 0.680 bits per heavy atom. The van der Waals surface area contributed by atoms with Crippen LogP contribution in [0.25, 0.3) is 116 Å². The molecule has 14 rings (SSSR count). The molecule has 0 radical (unpaired) electrons. The van der Waals surface area contributed by atoms with Crippen molar-refractivity contribution in [3.05, 3.63) is 291 Å². The third-order valence-corrected chi connectivity index (χ3v) is 14.9. The van der Waals surface area contributed by atoms with Crippen molar-refractivity contribution in [2.75, 3.05) is 4.90 Å². The number of furan rings is 1. The Morgan fingerprint density at radius 1 is 0.253 bits per heavy atom. The van der Waals surface area contributed by atoms with Gasteiger partial charge in [0, 0.05) is 49.7 Å². The second-order valence-electron chi connectivity index (χ2n) is 19.2. The Labute approximate surface area is 436 Å². The van der Waals surface area contributed by atoms with Crippen LogP contribution in [-0.4, -0.2) is 4.57 Å². The highest BCUT2D eigenvalue weighted by atomic mass is 16.3. The van der Waals surface area contributed by atoms with Gasteiger partial charge < -0.3 is 13.9 Å².